The molecule has 0 saturated heterocycles. The summed E-state index contributed by atoms with van der Waals surface area (Å²) >= 11 is 0. The number of nitro benzene ring substituents is 1. The topological polar surface area (TPSA) is 63.5 Å². The summed E-state index contributed by atoms with van der Waals surface area (Å²) in [4.78, 5) is 23.6. The maximum atomic E-state index is 12.0. The predicted molar refractivity (Wildman–Crippen MR) is 63.6 cm³/mol. The van der Waals surface area contributed by atoms with E-state index < -0.39 is 10.8 Å². The van der Waals surface area contributed by atoms with E-state index in [0.717, 1.165) is 0 Å². The fourth-order valence-electron chi connectivity index (χ4n) is 1.48. The molecular weight excluding hydrogens is 220 g/mol. The molecule has 0 aliphatic rings. The molecule has 0 aromatic heterocycles. The highest BCUT2D eigenvalue weighted by atomic mass is 16.6. The molecule has 5 nitrogen and oxygen atoms in total. The number of rotatable bonds is 3. The molecular formula is C12H12N2O3. The van der Waals surface area contributed by atoms with Crippen LogP contribution in [0.15, 0.2) is 18.2 Å². The first-order valence-electron chi connectivity index (χ1n) is 4.92. The van der Waals surface area contributed by atoms with E-state index in [-0.39, 0.29) is 17.8 Å². The van der Waals surface area contributed by atoms with Crippen LogP contribution < -0.4 is 0 Å². The number of benzene rings is 1. The number of carbonyl (C=O) groups excluding carboxylic acids is 1. The van der Waals surface area contributed by atoms with Crippen LogP contribution in [0, 0.1) is 29.4 Å². The van der Waals surface area contributed by atoms with Crippen LogP contribution >= 0.6 is 0 Å². The summed E-state index contributed by atoms with van der Waals surface area (Å²) < 4.78 is 0. The van der Waals surface area contributed by atoms with Crippen molar-refractivity contribution < 1.29 is 9.72 Å². The summed E-state index contributed by atoms with van der Waals surface area (Å²) in [6.07, 6.45) is 5.10. The van der Waals surface area contributed by atoms with Crippen LogP contribution in [-0.2, 0) is 0 Å². The maximum Gasteiger partial charge on any atom is 0.282 e. The van der Waals surface area contributed by atoms with Crippen molar-refractivity contribution in [2.24, 2.45) is 0 Å². The number of amides is 1. The average molecular weight is 232 g/mol. The van der Waals surface area contributed by atoms with Crippen molar-refractivity contribution in [3.63, 3.8) is 0 Å². The Kier molecular flexibility index (Phi) is 3.83. The standard InChI is InChI=1S/C12H12N2O3/c1-4-8-13(3)12(15)11-9(2)6-5-7-10(11)14(16)17/h1,5-7H,8H2,2-3H3. The lowest BCUT2D eigenvalue weighted by atomic mass is 10.1. The van der Waals surface area contributed by atoms with Gasteiger partial charge in [-0.1, -0.05) is 18.1 Å². The first-order chi connectivity index (χ1) is 7.99. The molecule has 0 N–H and O–H groups in total. The van der Waals surface area contributed by atoms with Gasteiger partial charge in [0.15, 0.2) is 0 Å². The number of terminal acetylenes is 1. The zero-order valence-corrected chi connectivity index (χ0v) is 9.64. The molecule has 0 aliphatic heterocycles. The second kappa shape index (κ2) is 5.12. The molecule has 0 unspecified atom stereocenters. The molecule has 5 heteroatoms. The Hall–Kier alpha value is -2.35. The Morgan fingerprint density at radius 1 is 1.59 bits per heavy atom. The second-order valence-electron chi connectivity index (χ2n) is 3.59. The average Bonchev–Trinajstić information content (AvgIpc) is 2.28. The fourth-order valence-corrected chi connectivity index (χ4v) is 1.48. The van der Waals surface area contributed by atoms with Gasteiger partial charge in [-0.3, -0.25) is 14.9 Å². The first kappa shape index (κ1) is 12.7. The fraction of sp³-hybridized carbons (Fsp3) is 0.250. The summed E-state index contributed by atoms with van der Waals surface area (Å²) in [7, 11) is 1.51. The normalized spacial score (nSPS) is 9.47. The molecule has 1 aromatic carbocycles. The van der Waals surface area contributed by atoms with Crippen LogP contribution in [0.1, 0.15) is 15.9 Å². The van der Waals surface area contributed by atoms with Crippen LogP contribution in [0.2, 0.25) is 0 Å². The molecule has 0 aliphatic carbocycles. The number of carbonyl (C=O) groups is 1. The van der Waals surface area contributed by atoms with Gasteiger partial charge in [-0.05, 0) is 12.5 Å². The SMILES string of the molecule is C#CCN(C)C(=O)c1c(C)cccc1[N+](=O)[O-]. The van der Waals surface area contributed by atoms with Gasteiger partial charge < -0.3 is 4.90 Å². The summed E-state index contributed by atoms with van der Waals surface area (Å²) in [5.74, 6) is 1.88. The molecule has 1 amide bonds. The summed E-state index contributed by atoms with van der Waals surface area (Å²) in [6, 6.07) is 4.51. The Morgan fingerprint density at radius 2 is 2.24 bits per heavy atom. The maximum absolute atomic E-state index is 12.0. The van der Waals surface area contributed by atoms with Crippen LogP contribution in [0.5, 0.6) is 0 Å². The molecule has 0 atom stereocenters. The Balaban J connectivity index is 3.26. The highest BCUT2D eigenvalue weighted by Crippen LogP contribution is 2.22. The summed E-state index contributed by atoms with van der Waals surface area (Å²) in [5.41, 5.74) is 0.460. The van der Waals surface area contributed by atoms with Crippen molar-refractivity contribution in [3.8, 4) is 12.3 Å². The molecule has 0 fully saturated rings. The van der Waals surface area contributed by atoms with Gasteiger partial charge in [-0.2, -0.15) is 0 Å². The zero-order valence-electron chi connectivity index (χ0n) is 9.64. The molecule has 1 rings (SSSR count). The van der Waals surface area contributed by atoms with Gasteiger partial charge in [0.2, 0.25) is 0 Å². The lowest BCUT2D eigenvalue weighted by molar-refractivity contribution is -0.385. The van der Waals surface area contributed by atoms with Crippen molar-refractivity contribution in [1.29, 1.82) is 0 Å². The van der Waals surface area contributed by atoms with Gasteiger partial charge in [-0.15, -0.1) is 6.42 Å². The van der Waals surface area contributed by atoms with Crippen LogP contribution in [0.3, 0.4) is 0 Å². The van der Waals surface area contributed by atoms with Gasteiger partial charge in [0.05, 0.1) is 11.5 Å². The van der Waals surface area contributed by atoms with Crippen molar-refractivity contribution in [1.82, 2.24) is 4.90 Å². The minimum Gasteiger partial charge on any atom is -0.330 e. The van der Waals surface area contributed by atoms with Crippen molar-refractivity contribution >= 4 is 11.6 Å². The van der Waals surface area contributed by atoms with E-state index in [1.165, 1.54) is 18.0 Å². The smallest absolute Gasteiger partial charge is 0.282 e. The number of hydrogen-bond acceptors (Lipinski definition) is 3. The van der Waals surface area contributed by atoms with Gasteiger partial charge in [0, 0.05) is 13.1 Å². The molecule has 0 heterocycles. The molecule has 1 aromatic rings. The van der Waals surface area contributed by atoms with Crippen LogP contribution in [0.4, 0.5) is 5.69 Å². The van der Waals surface area contributed by atoms with Gasteiger partial charge in [-0.25, -0.2) is 0 Å². The Bertz CT molecular complexity index is 503. The molecule has 0 radical (unpaired) electrons. The van der Waals surface area contributed by atoms with E-state index in [1.807, 2.05) is 0 Å². The predicted octanol–water partition coefficient (Wildman–Crippen LogP) is 1.61. The van der Waals surface area contributed by atoms with Crippen LogP contribution in [0.25, 0.3) is 0 Å². The third kappa shape index (κ3) is 2.61. The third-order valence-corrected chi connectivity index (χ3v) is 2.34. The van der Waals surface area contributed by atoms with Crippen molar-refractivity contribution in [2.75, 3.05) is 13.6 Å². The largest absolute Gasteiger partial charge is 0.330 e. The molecule has 0 saturated carbocycles. The highest BCUT2D eigenvalue weighted by molar-refractivity contribution is 5.99. The molecule has 0 spiro atoms. The highest BCUT2D eigenvalue weighted by Gasteiger charge is 2.24. The number of hydrogen-bond donors (Lipinski definition) is 0. The van der Waals surface area contributed by atoms with Crippen molar-refractivity contribution in [3.05, 3.63) is 39.4 Å². The van der Waals surface area contributed by atoms with Gasteiger partial charge >= 0.3 is 0 Å². The lowest BCUT2D eigenvalue weighted by Gasteiger charge is -2.15. The number of nitro groups is 1. The van der Waals surface area contributed by atoms with E-state index in [1.54, 1.807) is 19.1 Å². The molecule has 17 heavy (non-hydrogen) atoms. The monoisotopic (exact) mass is 232 g/mol. The zero-order chi connectivity index (χ0) is 13.0. The quantitative estimate of drug-likeness (QED) is 0.452. The van der Waals surface area contributed by atoms with Crippen molar-refractivity contribution in [2.45, 2.75) is 6.92 Å². The summed E-state index contributed by atoms with van der Waals surface area (Å²) in [6.45, 7) is 1.77. The van der Waals surface area contributed by atoms with Gasteiger partial charge in [0.25, 0.3) is 11.6 Å². The molecule has 88 valence electrons. The Labute approximate surface area is 99.2 Å². The first-order valence-corrected chi connectivity index (χ1v) is 4.92. The van der Waals surface area contributed by atoms with E-state index in [4.69, 9.17) is 6.42 Å². The number of aryl methyl sites for hydroxylation is 1. The van der Waals surface area contributed by atoms with E-state index in [9.17, 15) is 14.9 Å². The molecule has 0 bridgehead atoms. The minimum absolute atomic E-state index is 0.0928. The minimum atomic E-state index is -0.566. The van der Waals surface area contributed by atoms with E-state index >= 15 is 0 Å². The number of nitrogens with zero attached hydrogens (tertiary/aromatic N) is 2. The van der Waals surface area contributed by atoms with Crippen LogP contribution in [-0.4, -0.2) is 29.3 Å². The van der Waals surface area contributed by atoms with E-state index in [2.05, 4.69) is 5.92 Å². The lowest BCUT2D eigenvalue weighted by Crippen LogP contribution is -2.28. The third-order valence-electron chi connectivity index (χ3n) is 2.34. The van der Waals surface area contributed by atoms with Gasteiger partial charge in [0.1, 0.15) is 5.56 Å². The summed E-state index contributed by atoms with van der Waals surface area (Å²) in [5, 5.41) is 10.9. The second-order valence-corrected chi connectivity index (χ2v) is 3.59. The Morgan fingerprint density at radius 3 is 2.76 bits per heavy atom. The van der Waals surface area contributed by atoms with E-state index in [0.29, 0.717) is 5.56 Å².